The maximum atomic E-state index is 6.10. The SMILES string of the molecule is CN(C)c1c(OCC2CC2)ccc2c(CCC3CCN(c4cccnn4)CC3)noc12. The molecule has 0 N–H and O–H groups in total. The summed E-state index contributed by atoms with van der Waals surface area (Å²) in [5, 5.41) is 13.8. The Morgan fingerprint density at radius 3 is 2.65 bits per heavy atom. The van der Waals surface area contributed by atoms with Crippen molar-refractivity contribution in [2.75, 3.05) is 43.6 Å². The molecule has 3 heterocycles. The highest BCUT2D eigenvalue weighted by molar-refractivity contribution is 5.94. The highest BCUT2D eigenvalue weighted by Crippen LogP contribution is 2.39. The summed E-state index contributed by atoms with van der Waals surface area (Å²) in [6, 6.07) is 8.20. The Labute approximate surface area is 183 Å². The minimum Gasteiger partial charge on any atom is -0.491 e. The molecule has 3 aromatic rings. The molecule has 1 aromatic carbocycles. The largest absolute Gasteiger partial charge is 0.491 e. The van der Waals surface area contributed by atoms with E-state index in [1.165, 1.54) is 25.7 Å². The van der Waals surface area contributed by atoms with Gasteiger partial charge in [0.05, 0.1) is 12.3 Å². The quantitative estimate of drug-likeness (QED) is 0.536. The van der Waals surface area contributed by atoms with Crippen LogP contribution in [0.25, 0.3) is 11.0 Å². The van der Waals surface area contributed by atoms with Crippen LogP contribution < -0.4 is 14.5 Å². The van der Waals surface area contributed by atoms with Gasteiger partial charge in [-0.2, -0.15) is 5.10 Å². The van der Waals surface area contributed by atoms with Gasteiger partial charge in [0, 0.05) is 38.8 Å². The molecule has 7 heteroatoms. The first-order chi connectivity index (χ1) is 15.2. The van der Waals surface area contributed by atoms with Crippen LogP contribution in [0.2, 0.25) is 0 Å². The summed E-state index contributed by atoms with van der Waals surface area (Å²) in [5.74, 6) is 3.30. The third kappa shape index (κ3) is 4.45. The molecule has 2 aromatic heterocycles. The number of benzene rings is 1. The van der Waals surface area contributed by atoms with Crippen molar-refractivity contribution in [3.8, 4) is 5.75 Å². The van der Waals surface area contributed by atoms with E-state index < -0.39 is 0 Å². The second kappa shape index (κ2) is 8.73. The van der Waals surface area contributed by atoms with Gasteiger partial charge < -0.3 is 19.1 Å². The van der Waals surface area contributed by atoms with Crippen molar-refractivity contribution in [2.24, 2.45) is 11.8 Å². The molecule has 2 fully saturated rings. The average molecular weight is 422 g/mol. The molecule has 0 unspecified atom stereocenters. The molecule has 0 bridgehead atoms. The van der Waals surface area contributed by atoms with Crippen molar-refractivity contribution < 1.29 is 9.26 Å². The molecular formula is C24H31N5O2. The number of hydrogen-bond donors (Lipinski definition) is 0. The molecule has 164 valence electrons. The molecule has 1 saturated carbocycles. The van der Waals surface area contributed by atoms with Crippen LogP contribution in [0.1, 0.15) is 37.8 Å². The van der Waals surface area contributed by atoms with Gasteiger partial charge in [-0.3, -0.25) is 0 Å². The molecule has 1 saturated heterocycles. The van der Waals surface area contributed by atoms with Crippen molar-refractivity contribution >= 4 is 22.5 Å². The minimum atomic E-state index is 0.703. The Kier molecular flexibility index (Phi) is 5.66. The summed E-state index contributed by atoms with van der Waals surface area (Å²) < 4.78 is 11.9. The standard InChI is InChI=1S/C24H31N5O2/c1-28(2)23-21(30-16-18-5-6-18)10-8-19-20(27-31-24(19)23)9-7-17-11-14-29(15-12-17)22-4-3-13-25-26-22/h3-4,8,10,13,17-18H,5-7,9,11-12,14-16H2,1-2H3. The average Bonchev–Trinajstić information content (AvgIpc) is 3.55. The van der Waals surface area contributed by atoms with Crippen molar-refractivity contribution in [1.29, 1.82) is 0 Å². The van der Waals surface area contributed by atoms with Crippen LogP contribution in [0.4, 0.5) is 11.5 Å². The van der Waals surface area contributed by atoms with Gasteiger partial charge in [0.1, 0.15) is 11.4 Å². The van der Waals surface area contributed by atoms with E-state index in [0.29, 0.717) is 5.92 Å². The summed E-state index contributed by atoms with van der Waals surface area (Å²) in [6.45, 7) is 2.87. The zero-order valence-corrected chi connectivity index (χ0v) is 18.5. The van der Waals surface area contributed by atoms with E-state index >= 15 is 0 Å². The van der Waals surface area contributed by atoms with Crippen molar-refractivity contribution in [3.63, 3.8) is 0 Å². The highest BCUT2D eigenvalue weighted by Gasteiger charge is 2.25. The van der Waals surface area contributed by atoms with E-state index in [2.05, 4.69) is 37.3 Å². The molecule has 0 radical (unpaired) electrons. The Bertz CT molecular complexity index is 1010. The van der Waals surface area contributed by atoms with Crippen LogP contribution in [-0.4, -0.2) is 49.1 Å². The van der Waals surface area contributed by atoms with Gasteiger partial charge >= 0.3 is 0 Å². The molecule has 7 nitrogen and oxygen atoms in total. The topological polar surface area (TPSA) is 67.5 Å². The van der Waals surface area contributed by atoms with E-state index in [-0.39, 0.29) is 0 Å². The predicted molar refractivity (Wildman–Crippen MR) is 122 cm³/mol. The number of anilines is 2. The van der Waals surface area contributed by atoms with Crippen molar-refractivity contribution in [3.05, 3.63) is 36.2 Å². The number of aryl methyl sites for hydroxylation is 1. The van der Waals surface area contributed by atoms with Crippen LogP contribution in [0.15, 0.2) is 35.0 Å². The van der Waals surface area contributed by atoms with E-state index in [1.54, 1.807) is 6.20 Å². The van der Waals surface area contributed by atoms with E-state index in [4.69, 9.17) is 9.26 Å². The molecule has 1 aliphatic heterocycles. The third-order valence-electron chi connectivity index (χ3n) is 6.56. The Morgan fingerprint density at radius 1 is 1.10 bits per heavy atom. The van der Waals surface area contributed by atoms with Crippen molar-refractivity contribution in [2.45, 2.75) is 38.5 Å². The van der Waals surface area contributed by atoms with E-state index in [0.717, 1.165) is 72.4 Å². The highest BCUT2D eigenvalue weighted by atomic mass is 16.5. The maximum Gasteiger partial charge on any atom is 0.194 e. The molecule has 1 aliphatic carbocycles. The fraction of sp³-hybridized carbons (Fsp3) is 0.542. The second-order valence-corrected chi connectivity index (χ2v) is 9.12. The molecule has 31 heavy (non-hydrogen) atoms. The summed E-state index contributed by atoms with van der Waals surface area (Å²) in [6.07, 6.45) is 8.71. The minimum absolute atomic E-state index is 0.703. The van der Waals surface area contributed by atoms with Crippen LogP contribution in [-0.2, 0) is 6.42 Å². The van der Waals surface area contributed by atoms with Gasteiger partial charge in [0.15, 0.2) is 11.4 Å². The smallest absolute Gasteiger partial charge is 0.194 e. The van der Waals surface area contributed by atoms with Crippen LogP contribution >= 0.6 is 0 Å². The number of ether oxygens (including phenoxy) is 1. The molecule has 0 amide bonds. The Hall–Kier alpha value is -2.83. The van der Waals surface area contributed by atoms with Gasteiger partial charge in [-0.05, 0) is 74.6 Å². The van der Waals surface area contributed by atoms with Gasteiger partial charge in [-0.25, -0.2) is 0 Å². The van der Waals surface area contributed by atoms with Crippen LogP contribution in [0, 0.1) is 11.8 Å². The monoisotopic (exact) mass is 421 g/mol. The number of piperidine rings is 1. The number of fused-ring (bicyclic) bond motifs is 1. The van der Waals surface area contributed by atoms with Crippen LogP contribution in [0.5, 0.6) is 5.75 Å². The molecule has 2 aliphatic rings. The third-order valence-corrected chi connectivity index (χ3v) is 6.56. The molecule has 0 atom stereocenters. The normalized spacial score (nSPS) is 17.3. The number of aromatic nitrogens is 3. The first-order valence-electron chi connectivity index (χ1n) is 11.4. The predicted octanol–water partition coefficient (Wildman–Crippen LogP) is 4.32. The first kappa shape index (κ1) is 20.1. The van der Waals surface area contributed by atoms with Gasteiger partial charge in [-0.15, -0.1) is 5.10 Å². The fourth-order valence-electron chi connectivity index (χ4n) is 4.49. The lowest BCUT2D eigenvalue weighted by atomic mass is 9.91. The summed E-state index contributed by atoms with van der Waals surface area (Å²) >= 11 is 0. The zero-order chi connectivity index (χ0) is 21.2. The lowest BCUT2D eigenvalue weighted by Crippen LogP contribution is -2.34. The van der Waals surface area contributed by atoms with E-state index in [9.17, 15) is 0 Å². The Balaban J connectivity index is 1.23. The lowest BCUT2D eigenvalue weighted by molar-refractivity contribution is 0.300. The maximum absolute atomic E-state index is 6.10. The van der Waals surface area contributed by atoms with Gasteiger partial charge in [0.25, 0.3) is 0 Å². The van der Waals surface area contributed by atoms with Gasteiger partial charge in [-0.1, -0.05) is 5.16 Å². The molecular weight excluding hydrogens is 390 g/mol. The van der Waals surface area contributed by atoms with Gasteiger partial charge in [0.2, 0.25) is 0 Å². The fourth-order valence-corrected chi connectivity index (χ4v) is 4.49. The second-order valence-electron chi connectivity index (χ2n) is 9.12. The summed E-state index contributed by atoms with van der Waals surface area (Å²) in [7, 11) is 4.07. The zero-order valence-electron chi connectivity index (χ0n) is 18.5. The first-order valence-corrected chi connectivity index (χ1v) is 11.4. The van der Waals surface area contributed by atoms with Crippen LogP contribution in [0.3, 0.4) is 0 Å². The van der Waals surface area contributed by atoms with E-state index in [1.807, 2.05) is 26.2 Å². The number of rotatable bonds is 8. The Morgan fingerprint density at radius 2 is 1.94 bits per heavy atom. The summed E-state index contributed by atoms with van der Waals surface area (Å²) in [4.78, 5) is 4.41. The number of hydrogen-bond acceptors (Lipinski definition) is 7. The van der Waals surface area contributed by atoms with Crippen molar-refractivity contribution in [1.82, 2.24) is 15.4 Å². The molecule has 5 rings (SSSR count). The lowest BCUT2D eigenvalue weighted by Gasteiger charge is -2.32. The molecule has 0 spiro atoms. The summed E-state index contributed by atoms with van der Waals surface area (Å²) in [5.41, 5.74) is 2.89. The number of nitrogens with zero attached hydrogens (tertiary/aromatic N) is 5.